The molecule has 74 valence electrons. The van der Waals surface area contributed by atoms with Gasteiger partial charge in [-0.3, -0.25) is 0 Å². The van der Waals surface area contributed by atoms with E-state index in [1.807, 2.05) is 0 Å². The zero-order chi connectivity index (χ0) is 9.40. The van der Waals surface area contributed by atoms with Crippen molar-refractivity contribution in [1.82, 2.24) is 5.32 Å². The van der Waals surface area contributed by atoms with E-state index < -0.39 is 0 Å². The fourth-order valence-corrected chi connectivity index (χ4v) is 1.32. The largest absolute Gasteiger partial charge is 0.315 e. The number of unbranched alkanes of at least 4 members (excludes halogenated alkanes) is 1. The minimum atomic E-state index is 0.642. The van der Waals surface area contributed by atoms with Crippen LogP contribution < -0.4 is 5.32 Å². The van der Waals surface area contributed by atoms with E-state index in [2.05, 4.69) is 33.0 Å². The van der Waals surface area contributed by atoms with Crippen LogP contribution in [0.1, 0.15) is 53.4 Å². The fourth-order valence-electron chi connectivity index (χ4n) is 1.32. The molecule has 0 saturated carbocycles. The van der Waals surface area contributed by atoms with Crippen molar-refractivity contribution in [3.8, 4) is 0 Å². The van der Waals surface area contributed by atoms with Gasteiger partial charge in [-0.2, -0.15) is 0 Å². The Morgan fingerprint density at radius 1 is 1.08 bits per heavy atom. The summed E-state index contributed by atoms with van der Waals surface area (Å²) in [5.74, 6) is 0.899. The molecule has 0 aromatic rings. The highest BCUT2D eigenvalue weighted by Gasteiger charge is 2.00. The summed E-state index contributed by atoms with van der Waals surface area (Å²) in [6.07, 6.45) is 5.46. The minimum absolute atomic E-state index is 0.642. The Labute approximate surface area is 77.9 Å². The Bertz CT molecular complexity index is 89.0. The number of nitrogens with one attached hydrogen (secondary N) is 1. The fraction of sp³-hybridized carbons (Fsp3) is 1.00. The molecule has 0 heterocycles. The van der Waals surface area contributed by atoms with E-state index in [9.17, 15) is 0 Å². The van der Waals surface area contributed by atoms with Crippen molar-refractivity contribution in [2.24, 2.45) is 5.92 Å². The van der Waals surface area contributed by atoms with Gasteiger partial charge >= 0.3 is 0 Å². The lowest BCUT2D eigenvalue weighted by Crippen LogP contribution is -2.24. The van der Waals surface area contributed by atoms with Gasteiger partial charge in [0.25, 0.3) is 0 Å². The molecule has 0 spiro atoms. The Morgan fingerprint density at radius 2 is 1.75 bits per heavy atom. The second-order valence-corrected chi connectivity index (χ2v) is 4.14. The Morgan fingerprint density at radius 3 is 2.25 bits per heavy atom. The van der Waals surface area contributed by atoms with Crippen molar-refractivity contribution in [2.75, 3.05) is 6.54 Å². The summed E-state index contributed by atoms with van der Waals surface area (Å²) >= 11 is 0. The topological polar surface area (TPSA) is 12.0 Å². The zero-order valence-corrected chi connectivity index (χ0v) is 9.19. The van der Waals surface area contributed by atoms with E-state index in [1.54, 1.807) is 0 Å². The molecule has 0 aromatic carbocycles. The van der Waals surface area contributed by atoms with Crippen LogP contribution in [0, 0.1) is 5.92 Å². The Hall–Kier alpha value is -0.0400. The van der Waals surface area contributed by atoms with E-state index in [1.165, 1.54) is 32.2 Å². The van der Waals surface area contributed by atoms with Gasteiger partial charge < -0.3 is 5.32 Å². The monoisotopic (exact) mass is 171 g/mol. The summed E-state index contributed by atoms with van der Waals surface area (Å²) in [5, 5.41) is 3.45. The van der Waals surface area contributed by atoms with Crippen molar-refractivity contribution in [2.45, 2.75) is 59.4 Å². The normalized spacial score (nSPS) is 13.8. The lowest BCUT2D eigenvalue weighted by Gasteiger charge is -2.12. The van der Waals surface area contributed by atoms with Crippen LogP contribution in [0.4, 0.5) is 0 Å². The van der Waals surface area contributed by atoms with Gasteiger partial charge in [-0.1, -0.05) is 47.0 Å². The third-order valence-corrected chi connectivity index (χ3v) is 2.24. The van der Waals surface area contributed by atoms with Crippen molar-refractivity contribution in [1.29, 1.82) is 0 Å². The summed E-state index contributed by atoms with van der Waals surface area (Å²) in [6, 6.07) is 0.642. The molecule has 1 atom stereocenters. The molecule has 0 aliphatic carbocycles. The van der Waals surface area contributed by atoms with Gasteiger partial charge in [0.05, 0.1) is 0 Å². The lowest BCUT2D eigenvalue weighted by atomic mass is 10.0. The third-order valence-electron chi connectivity index (χ3n) is 2.24. The van der Waals surface area contributed by atoms with E-state index in [0.29, 0.717) is 6.04 Å². The molecule has 0 saturated heterocycles. The van der Waals surface area contributed by atoms with Gasteiger partial charge in [0.1, 0.15) is 0 Å². The molecule has 0 bridgehead atoms. The van der Waals surface area contributed by atoms with Gasteiger partial charge in [0, 0.05) is 6.04 Å². The molecule has 1 N–H and O–H groups in total. The number of rotatable bonds is 7. The second-order valence-electron chi connectivity index (χ2n) is 4.14. The van der Waals surface area contributed by atoms with Crippen LogP contribution in [0.25, 0.3) is 0 Å². The minimum Gasteiger partial charge on any atom is -0.315 e. The maximum absolute atomic E-state index is 3.45. The molecule has 0 amide bonds. The molecule has 0 aromatic heterocycles. The first kappa shape index (κ1) is 12.0. The summed E-state index contributed by atoms with van der Waals surface area (Å²) in [6.45, 7) is 10.2. The van der Waals surface area contributed by atoms with Crippen LogP contribution in [0.3, 0.4) is 0 Å². The summed E-state index contributed by atoms with van der Waals surface area (Å²) in [7, 11) is 0. The molecule has 0 aliphatic heterocycles. The second kappa shape index (κ2) is 7.60. The molecule has 0 unspecified atom stereocenters. The zero-order valence-electron chi connectivity index (χ0n) is 9.19. The number of hydrogen-bond donors (Lipinski definition) is 1. The first-order valence-electron chi connectivity index (χ1n) is 5.40. The Kier molecular flexibility index (Phi) is 7.58. The van der Waals surface area contributed by atoms with Crippen LogP contribution in [0.15, 0.2) is 0 Å². The van der Waals surface area contributed by atoms with Crippen molar-refractivity contribution in [3.05, 3.63) is 0 Å². The van der Waals surface area contributed by atoms with E-state index in [0.717, 1.165) is 5.92 Å². The predicted octanol–water partition coefficient (Wildman–Crippen LogP) is 3.20. The summed E-state index contributed by atoms with van der Waals surface area (Å²) in [4.78, 5) is 0. The van der Waals surface area contributed by atoms with E-state index in [4.69, 9.17) is 0 Å². The quantitative estimate of drug-likeness (QED) is 0.620. The molecule has 1 heteroatoms. The van der Waals surface area contributed by atoms with Crippen LogP contribution in [-0.4, -0.2) is 12.6 Å². The van der Waals surface area contributed by atoms with Crippen LogP contribution in [-0.2, 0) is 0 Å². The van der Waals surface area contributed by atoms with Gasteiger partial charge in [0.2, 0.25) is 0 Å². The standard InChI is InChI=1S/C11H25N/c1-5-6-7-11(4)8-9-12-10(2)3/h10-12H,5-9H2,1-4H3/t11-/m1/s1. The summed E-state index contributed by atoms with van der Waals surface area (Å²) < 4.78 is 0. The first-order valence-corrected chi connectivity index (χ1v) is 5.40. The molecule has 12 heavy (non-hydrogen) atoms. The van der Waals surface area contributed by atoms with Gasteiger partial charge in [-0.25, -0.2) is 0 Å². The van der Waals surface area contributed by atoms with Crippen molar-refractivity contribution < 1.29 is 0 Å². The van der Waals surface area contributed by atoms with Crippen molar-refractivity contribution >= 4 is 0 Å². The highest BCUT2D eigenvalue weighted by atomic mass is 14.9. The molecule has 0 radical (unpaired) electrons. The van der Waals surface area contributed by atoms with E-state index in [-0.39, 0.29) is 0 Å². The van der Waals surface area contributed by atoms with Crippen LogP contribution >= 0.6 is 0 Å². The first-order chi connectivity index (χ1) is 5.66. The highest BCUT2D eigenvalue weighted by molar-refractivity contribution is 4.58. The lowest BCUT2D eigenvalue weighted by molar-refractivity contribution is 0.441. The van der Waals surface area contributed by atoms with Crippen molar-refractivity contribution in [3.63, 3.8) is 0 Å². The van der Waals surface area contributed by atoms with Gasteiger partial charge in [0.15, 0.2) is 0 Å². The Balaban J connectivity index is 3.13. The SMILES string of the molecule is CCCC[C@@H](C)CCNC(C)C. The molecular formula is C11H25N. The maximum Gasteiger partial charge on any atom is 0.00103 e. The van der Waals surface area contributed by atoms with Crippen LogP contribution in [0.5, 0.6) is 0 Å². The van der Waals surface area contributed by atoms with Gasteiger partial charge in [-0.15, -0.1) is 0 Å². The predicted molar refractivity (Wildman–Crippen MR) is 56.4 cm³/mol. The molecular weight excluding hydrogens is 146 g/mol. The molecule has 0 fully saturated rings. The average molecular weight is 171 g/mol. The summed E-state index contributed by atoms with van der Waals surface area (Å²) in [5.41, 5.74) is 0. The number of hydrogen-bond acceptors (Lipinski definition) is 1. The smallest absolute Gasteiger partial charge is 0.00103 e. The van der Waals surface area contributed by atoms with Gasteiger partial charge in [-0.05, 0) is 18.9 Å². The third kappa shape index (κ3) is 8.06. The average Bonchev–Trinajstić information content (AvgIpc) is 2.00. The molecule has 0 aliphatic rings. The molecule has 1 nitrogen and oxygen atoms in total. The molecule has 0 rings (SSSR count). The maximum atomic E-state index is 3.45. The highest BCUT2D eigenvalue weighted by Crippen LogP contribution is 2.10. The van der Waals surface area contributed by atoms with Crippen LogP contribution in [0.2, 0.25) is 0 Å². The van der Waals surface area contributed by atoms with E-state index >= 15 is 0 Å².